The number of carbonyl (C=O) groups is 1. The number of hydrogen-bond acceptors (Lipinski definition) is 7. The molecule has 29 heavy (non-hydrogen) atoms. The van der Waals surface area contributed by atoms with Crippen LogP contribution in [0.2, 0.25) is 5.02 Å². The van der Waals surface area contributed by atoms with Gasteiger partial charge in [0.15, 0.2) is 23.1 Å². The lowest BCUT2D eigenvalue weighted by atomic mass is 10.3. The van der Waals surface area contributed by atoms with Gasteiger partial charge >= 0.3 is 0 Å². The van der Waals surface area contributed by atoms with Crippen LogP contribution >= 0.6 is 11.6 Å². The van der Waals surface area contributed by atoms with E-state index in [4.69, 9.17) is 17.3 Å². The molecule has 1 saturated heterocycles. The summed E-state index contributed by atoms with van der Waals surface area (Å²) in [7, 11) is 0. The molecule has 0 radical (unpaired) electrons. The zero-order valence-electron chi connectivity index (χ0n) is 15.8. The quantitative estimate of drug-likeness (QED) is 0.507. The van der Waals surface area contributed by atoms with E-state index in [2.05, 4.69) is 30.8 Å². The van der Waals surface area contributed by atoms with Crippen molar-refractivity contribution in [1.29, 1.82) is 0 Å². The number of rotatable bonds is 5. The van der Waals surface area contributed by atoms with Gasteiger partial charge in [-0.1, -0.05) is 11.6 Å². The zero-order valence-corrected chi connectivity index (χ0v) is 16.6. The second-order valence-electron chi connectivity index (χ2n) is 6.95. The number of H-pyrrole nitrogens is 1. The van der Waals surface area contributed by atoms with Crippen molar-refractivity contribution in [3.63, 3.8) is 0 Å². The average molecular weight is 413 g/mol. The van der Waals surface area contributed by atoms with E-state index in [9.17, 15) is 4.79 Å². The van der Waals surface area contributed by atoms with Crippen molar-refractivity contribution < 1.29 is 4.79 Å². The van der Waals surface area contributed by atoms with Crippen LogP contribution in [-0.2, 0) is 0 Å². The van der Waals surface area contributed by atoms with Crippen LogP contribution in [0.15, 0.2) is 36.5 Å². The second-order valence-corrected chi connectivity index (χ2v) is 7.38. The Balaban J connectivity index is 1.65. The van der Waals surface area contributed by atoms with Gasteiger partial charge in [-0.2, -0.15) is 5.10 Å². The molecule has 3 aromatic rings. The number of aromatic amines is 1. The fourth-order valence-electron chi connectivity index (χ4n) is 3.10. The van der Waals surface area contributed by atoms with Crippen LogP contribution in [0.25, 0.3) is 0 Å². The van der Waals surface area contributed by atoms with E-state index in [1.165, 1.54) is 6.20 Å². The molecule has 1 aliphatic heterocycles. The largest absolute Gasteiger partial charge is 0.338 e. The number of anilines is 4. The van der Waals surface area contributed by atoms with Gasteiger partial charge in [-0.25, -0.2) is 9.97 Å². The molecule has 2 aromatic heterocycles. The number of aromatic nitrogens is 4. The molecular formula is C19H21ClN8O. The third-order valence-electron chi connectivity index (χ3n) is 4.56. The van der Waals surface area contributed by atoms with E-state index in [1.54, 1.807) is 29.2 Å². The molecular weight excluding hydrogens is 392 g/mol. The van der Waals surface area contributed by atoms with Gasteiger partial charge in [0.25, 0.3) is 5.91 Å². The van der Waals surface area contributed by atoms with Gasteiger partial charge < -0.3 is 21.3 Å². The number of aryl methyl sites for hydroxylation is 1. The number of carbonyl (C=O) groups excluding carboxylic acids is 1. The van der Waals surface area contributed by atoms with Crippen molar-refractivity contribution in [3.05, 3.63) is 52.9 Å². The number of benzene rings is 1. The molecule has 150 valence electrons. The predicted molar refractivity (Wildman–Crippen MR) is 112 cm³/mol. The minimum absolute atomic E-state index is 0.0107. The van der Waals surface area contributed by atoms with E-state index in [0.29, 0.717) is 35.6 Å². The Labute approximate surface area is 172 Å². The first-order valence-electron chi connectivity index (χ1n) is 9.21. The van der Waals surface area contributed by atoms with Crippen molar-refractivity contribution in [2.24, 2.45) is 5.73 Å². The molecule has 1 atom stereocenters. The minimum Gasteiger partial charge on any atom is -0.338 e. The van der Waals surface area contributed by atoms with Gasteiger partial charge in [-0.3, -0.25) is 9.89 Å². The number of nitrogens with zero attached hydrogens (tertiary/aromatic N) is 4. The van der Waals surface area contributed by atoms with Gasteiger partial charge in [0, 0.05) is 41.6 Å². The Morgan fingerprint density at radius 3 is 2.72 bits per heavy atom. The monoisotopic (exact) mass is 412 g/mol. The van der Waals surface area contributed by atoms with Crippen molar-refractivity contribution in [1.82, 2.24) is 25.1 Å². The predicted octanol–water partition coefficient (Wildman–Crippen LogP) is 2.82. The highest BCUT2D eigenvalue weighted by Crippen LogP contribution is 2.24. The molecule has 3 heterocycles. The summed E-state index contributed by atoms with van der Waals surface area (Å²) in [6.45, 7) is 3.02. The first-order chi connectivity index (χ1) is 14.0. The third kappa shape index (κ3) is 4.47. The zero-order chi connectivity index (χ0) is 20.4. The molecule has 5 N–H and O–H groups in total. The summed E-state index contributed by atoms with van der Waals surface area (Å²) in [5, 5.41) is 13.9. The summed E-state index contributed by atoms with van der Waals surface area (Å²) in [4.78, 5) is 23.6. The summed E-state index contributed by atoms with van der Waals surface area (Å²) in [5.74, 6) is 1.21. The Hall–Kier alpha value is -3.17. The molecule has 0 spiro atoms. The van der Waals surface area contributed by atoms with Gasteiger partial charge in [0.05, 0.1) is 6.20 Å². The Bertz CT molecular complexity index is 1020. The molecule has 1 aliphatic rings. The number of hydrogen-bond donors (Lipinski definition) is 4. The SMILES string of the molecule is Cc1cc(Nc2cnc(C(=O)N3CC[C@H](N)C3)c(Nc3ccc(Cl)cc3)n2)n[nH]1. The maximum absolute atomic E-state index is 13.0. The van der Waals surface area contributed by atoms with Crippen LogP contribution in [0.1, 0.15) is 22.6 Å². The van der Waals surface area contributed by atoms with Gasteiger partial charge in [-0.05, 0) is 37.6 Å². The van der Waals surface area contributed by atoms with Crippen LogP contribution in [0.3, 0.4) is 0 Å². The van der Waals surface area contributed by atoms with Crippen molar-refractivity contribution in [3.8, 4) is 0 Å². The Morgan fingerprint density at radius 2 is 2.07 bits per heavy atom. The lowest BCUT2D eigenvalue weighted by molar-refractivity contribution is 0.0786. The van der Waals surface area contributed by atoms with Gasteiger partial charge in [-0.15, -0.1) is 0 Å². The Kier molecular flexibility index (Phi) is 5.32. The van der Waals surface area contributed by atoms with Crippen LogP contribution in [0.4, 0.5) is 23.1 Å². The maximum atomic E-state index is 13.0. The summed E-state index contributed by atoms with van der Waals surface area (Å²) >= 11 is 5.97. The van der Waals surface area contributed by atoms with Crippen LogP contribution in [-0.4, -0.2) is 50.1 Å². The summed E-state index contributed by atoms with van der Waals surface area (Å²) in [5.41, 5.74) is 7.84. The van der Waals surface area contributed by atoms with E-state index in [1.807, 2.05) is 13.0 Å². The molecule has 4 rings (SSSR count). The van der Waals surface area contributed by atoms with E-state index >= 15 is 0 Å². The van der Waals surface area contributed by atoms with Crippen LogP contribution < -0.4 is 16.4 Å². The maximum Gasteiger partial charge on any atom is 0.276 e. The van der Waals surface area contributed by atoms with Crippen LogP contribution in [0, 0.1) is 6.92 Å². The lowest BCUT2D eigenvalue weighted by Gasteiger charge is -2.18. The smallest absolute Gasteiger partial charge is 0.276 e. The third-order valence-corrected chi connectivity index (χ3v) is 4.81. The fraction of sp³-hybridized carbons (Fsp3) is 0.263. The molecule has 0 saturated carbocycles. The van der Waals surface area contributed by atoms with Crippen molar-refractivity contribution >= 4 is 40.6 Å². The normalized spacial score (nSPS) is 16.1. The molecule has 0 unspecified atom stereocenters. The molecule has 1 aromatic carbocycles. The van der Waals surface area contributed by atoms with E-state index in [-0.39, 0.29) is 17.6 Å². The van der Waals surface area contributed by atoms with Gasteiger partial charge in [0.1, 0.15) is 0 Å². The number of halogens is 1. The molecule has 1 amide bonds. The molecule has 9 nitrogen and oxygen atoms in total. The standard InChI is InChI=1S/C19H21ClN8O/c1-11-8-15(27-26-11)24-16-9-22-17(19(29)28-7-6-13(21)10-28)18(25-16)23-14-4-2-12(20)3-5-14/h2-5,8-9,13H,6-7,10,21H2,1H3,(H3,23,24,25,26,27)/t13-/m0/s1. The first-order valence-corrected chi connectivity index (χ1v) is 9.59. The number of likely N-dealkylation sites (tertiary alicyclic amines) is 1. The number of amides is 1. The van der Waals surface area contributed by atoms with E-state index < -0.39 is 0 Å². The van der Waals surface area contributed by atoms with Crippen molar-refractivity contribution in [2.45, 2.75) is 19.4 Å². The molecule has 0 bridgehead atoms. The summed E-state index contributed by atoms with van der Waals surface area (Å²) in [6.07, 6.45) is 2.29. The number of nitrogens with two attached hydrogens (primary N) is 1. The Morgan fingerprint density at radius 1 is 1.28 bits per heavy atom. The summed E-state index contributed by atoms with van der Waals surface area (Å²) in [6, 6.07) is 8.96. The topological polar surface area (TPSA) is 125 Å². The highest BCUT2D eigenvalue weighted by Gasteiger charge is 2.28. The fourth-order valence-corrected chi connectivity index (χ4v) is 3.22. The molecule has 10 heteroatoms. The highest BCUT2D eigenvalue weighted by molar-refractivity contribution is 6.30. The lowest BCUT2D eigenvalue weighted by Crippen LogP contribution is -2.33. The van der Waals surface area contributed by atoms with Crippen LogP contribution in [0.5, 0.6) is 0 Å². The van der Waals surface area contributed by atoms with Gasteiger partial charge in [0.2, 0.25) is 0 Å². The summed E-state index contributed by atoms with van der Waals surface area (Å²) < 4.78 is 0. The molecule has 1 fully saturated rings. The minimum atomic E-state index is -0.205. The van der Waals surface area contributed by atoms with E-state index in [0.717, 1.165) is 17.8 Å². The average Bonchev–Trinajstić information content (AvgIpc) is 3.31. The van der Waals surface area contributed by atoms with Crippen molar-refractivity contribution in [2.75, 3.05) is 23.7 Å². The number of nitrogens with one attached hydrogen (secondary N) is 3. The first kappa shape index (κ1) is 19.2. The highest BCUT2D eigenvalue weighted by atomic mass is 35.5. The second kappa shape index (κ2) is 8.06. The molecule has 0 aliphatic carbocycles.